The smallest absolute Gasteiger partial charge is 0.396 e. The lowest BCUT2D eigenvalue weighted by Crippen LogP contribution is -2.56. The molecule has 0 aromatic heterocycles. The third-order valence-corrected chi connectivity index (χ3v) is 2.08. The van der Waals surface area contributed by atoms with Gasteiger partial charge in [-0.25, -0.2) is 4.79 Å². The summed E-state index contributed by atoms with van der Waals surface area (Å²) in [6, 6.07) is -0.898. The van der Waals surface area contributed by atoms with Crippen molar-refractivity contribution in [3.8, 4) is 0 Å². The zero-order valence-corrected chi connectivity index (χ0v) is 8.26. The van der Waals surface area contributed by atoms with Crippen LogP contribution in [0.15, 0.2) is 0 Å². The Balaban J connectivity index is 2.76. The van der Waals surface area contributed by atoms with Gasteiger partial charge in [-0.1, -0.05) is 0 Å². The Morgan fingerprint density at radius 3 is 2.67 bits per heavy atom. The Hall–Kier alpha value is -1.63. The van der Waals surface area contributed by atoms with Crippen LogP contribution in [0.2, 0.25) is 0 Å². The van der Waals surface area contributed by atoms with Crippen LogP contribution in [0.1, 0.15) is 0 Å². The van der Waals surface area contributed by atoms with Gasteiger partial charge < -0.3 is 20.1 Å². The summed E-state index contributed by atoms with van der Waals surface area (Å²) >= 11 is 0. The van der Waals surface area contributed by atoms with Gasteiger partial charge in [0.1, 0.15) is 6.04 Å². The molecule has 1 fully saturated rings. The first-order valence-electron chi connectivity index (χ1n) is 4.34. The minimum absolute atomic E-state index is 0.0120. The molecule has 1 rings (SSSR count). The number of methoxy groups -OCH3 is 1. The first kappa shape index (κ1) is 11.4. The Bertz CT molecular complexity index is 291. The molecule has 84 valence electrons. The van der Waals surface area contributed by atoms with Crippen LogP contribution < -0.4 is 5.73 Å². The van der Waals surface area contributed by atoms with Gasteiger partial charge in [0.25, 0.3) is 0 Å². The van der Waals surface area contributed by atoms with E-state index in [1.165, 1.54) is 0 Å². The number of hydrogen-bond donors (Lipinski definition) is 1. The average molecular weight is 216 g/mol. The number of hydrogen-bond acceptors (Lipinski definition) is 5. The molecule has 7 heteroatoms. The third kappa shape index (κ3) is 2.44. The van der Waals surface area contributed by atoms with Crippen molar-refractivity contribution in [1.82, 2.24) is 4.90 Å². The second-order valence-electron chi connectivity index (χ2n) is 2.98. The van der Waals surface area contributed by atoms with Crippen molar-refractivity contribution in [2.45, 2.75) is 6.04 Å². The molecule has 7 nitrogen and oxygen atoms in total. The van der Waals surface area contributed by atoms with Crippen LogP contribution in [0, 0.1) is 0 Å². The molecule has 0 spiro atoms. The zero-order valence-electron chi connectivity index (χ0n) is 8.26. The van der Waals surface area contributed by atoms with Crippen LogP contribution >= 0.6 is 0 Å². The first-order chi connectivity index (χ1) is 7.07. The largest absolute Gasteiger partial charge is 0.462 e. The molecule has 1 aliphatic heterocycles. The number of ether oxygens (including phenoxy) is 2. The van der Waals surface area contributed by atoms with Crippen LogP contribution in [0.3, 0.4) is 0 Å². The van der Waals surface area contributed by atoms with E-state index in [2.05, 4.69) is 4.74 Å². The monoisotopic (exact) mass is 216 g/mol. The van der Waals surface area contributed by atoms with Gasteiger partial charge in [0, 0.05) is 6.54 Å². The number of carbonyl (C=O) groups is 3. The third-order valence-electron chi connectivity index (χ3n) is 2.08. The lowest BCUT2D eigenvalue weighted by molar-refractivity contribution is -0.164. The fourth-order valence-corrected chi connectivity index (χ4v) is 1.29. The van der Waals surface area contributed by atoms with E-state index in [0.29, 0.717) is 0 Å². The number of esters is 1. The predicted octanol–water partition coefficient (Wildman–Crippen LogP) is -2.13. The summed E-state index contributed by atoms with van der Waals surface area (Å²) in [4.78, 5) is 34.4. The second-order valence-corrected chi connectivity index (χ2v) is 2.98. The Morgan fingerprint density at radius 1 is 1.47 bits per heavy atom. The van der Waals surface area contributed by atoms with Crippen LogP contribution in [0.4, 0.5) is 0 Å². The zero-order chi connectivity index (χ0) is 11.4. The number of carbonyl (C=O) groups excluding carboxylic acids is 3. The minimum Gasteiger partial charge on any atom is -0.462 e. The van der Waals surface area contributed by atoms with Crippen molar-refractivity contribution in [3.05, 3.63) is 0 Å². The van der Waals surface area contributed by atoms with Gasteiger partial charge >= 0.3 is 11.9 Å². The standard InChI is InChI=1S/C8H12N2O5/c1-14-8(13)7(12)10-2-3-15-4-5(10)6(9)11/h5H,2-4H2,1H3,(H2,9,11). The maximum atomic E-state index is 11.4. The molecule has 0 aliphatic carbocycles. The van der Waals surface area contributed by atoms with Gasteiger partial charge in [-0.15, -0.1) is 0 Å². The fraction of sp³-hybridized carbons (Fsp3) is 0.625. The maximum Gasteiger partial charge on any atom is 0.396 e. The van der Waals surface area contributed by atoms with E-state index in [1.54, 1.807) is 0 Å². The molecular weight excluding hydrogens is 204 g/mol. The number of rotatable bonds is 1. The van der Waals surface area contributed by atoms with Gasteiger partial charge in [-0.05, 0) is 0 Å². The quantitative estimate of drug-likeness (QED) is 0.399. The summed E-state index contributed by atoms with van der Waals surface area (Å²) in [5.74, 6) is -2.58. The van der Waals surface area contributed by atoms with Crippen LogP contribution in [-0.2, 0) is 23.9 Å². The molecule has 1 aliphatic rings. The SMILES string of the molecule is COC(=O)C(=O)N1CCOCC1C(N)=O. The lowest BCUT2D eigenvalue weighted by Gasteiger charge is -2.32. The maximum absolute atomic E-state index is 11.4. The normalized spacial score (nSPS) is 20.9. The average Bonchev–Trinajstić information content (AvgIpc) is 2.27. The fourth-order valence-electron chi connectivity index (χ4n) is 1.29. The predicted molar refractivity (Wildman–Crippen MR) is 47.5 cm³/mol. The van der Waals surface area contributed by atoms with Crippen LogP contribution in [-0.4, -0.2) is 55.6 Å². The molecule has 0 aromatic carbocycles. The summed E-state index contributed by atoms with van der Waals surface area (Å²) in [6.07, 6.45) is 0. The van der Waals surface area contributed by atoms with Crippen molar-refractivity contribution in [2.24, 2.45) is 5.73 Å². The van der Waals surface area contributed by atoms with Crippen LogP contribution in [0.25, 0.3) is 0 Å². The molecule has 0 bridgehead atoms. The van der Waals surface area contributed by atoms with Crippen molar-refractivity contribution >= 4 is 17.8 Å². The van der Waals surface area contributed by atoms with Crippen molar-refractivity contribution in [3.63, 3.8) is 0 Å². The lowest BCUT2D eigenvalue weighted by atomic mass is 10.2. The van der Waals surface area contributed by atoms with Gasteiger partial charge in [0.05, 0.1) is 20.3 Å². The van der Waals surface area contributed by atoms with E-state index in [9.17, 15) is 14.4 Å². The van der Waals surface area contributed by atoms with Gasteiger partial charge in [-0.3, -0.25) is 9.59 Å². The second kappa shape index (κ2) is 4.74. The summed E-state index contributed by atoms with van der Waals surface area (Å²) in [5.41, 5.74) is 5.07. The summed E-state index contributed by atoms with van der Waals surface area (Å²) in [7, 11) is 1.10. The summed E-state index contributed by atoms with van der Waals surface area (Å²) in [6.45, 7) is 0.437. The minimum atomic E-state index is -1.01. The number of amides is 2. The number of nitrogens with two attached hydrogens (primary N) is 1. The molecule has 1 saturated heterocycles. The molecule has 2 N–H and O–H groups in total. The van der Waals surface area contributed by atoms with Gasteiger partial charge in [0.2, 0.25) is 5.91 Å². The molecule has 2 amide bonds. The first-order valence-corrected chi connectivity index (χ1v) is 4.34. The Labute approximate surface area is 86.1 Å². The van der Waals surface area contributed by atoms with Gasteiger partial charge in [-0.2, -0.15) is 0 Å². The number of nitrogens with zero attached hydrogens (tertiary/aromatic N) is 1. The molecule has 1 heterocycles. The highest BCUT2D eigenvalue weighted by molar-refractivity contribution is 6.32. The molecule has 0 saturated carbocycles. The number of primary amides is 1. The van der Waals surface area contributed by atoms with Crippen molar-refractivity contribution in [1.29, 1.82) is 0 Å². The molecule has 1 unspecified atom stereocenters. The van der Waals surface area contributed by atoms with Gasteiger partial charge in [0.15, 0.2) is 0 Å². The molecule has 0 radical (unpaired) electrons. The summed E-state index contributed by atoms with van der Waals surface area (Å²) < 4.78 is 9.26. The van der Waals surface area contributed by atoms with E-state index < -0.39 is 23.8 Å². The highest BCUT2D eigenvalue weighted by Gasteiger charge is 2.34. The Kier molecular flexibility index (Phi) is 3.62. The van der Waals surface area contributed by atoms with E-state index in [1.807, 2.05) is 0 Å². The van der Waals surface area contributed by atoms with E-state index in [0.717, 1.165) is 12.0 Å². The molecule has 1 atom stereocenters. The molecule has 0 aromatic rings. The topological polar surface area (TPSA) is 98.9 Å². The summed E-state index contributed by atoms with van der Waals surface area (Å²) in [5, 5.41) is 0. The Morgan fingerprint density at radius 2 is 2.13 bits per heavy atom. The number of morpholine rings is 1. The van der Waals surface area contributed by atoms with Crippen LogP contribution in [0.5, 0.6) is 0 Å². The van der Waals surface area contributed by atoms with E-state index in [4.69, 9.17) is 10.5 Å². The van der Waals surface area contributed by atoms with Crippen molar-refractivity contribution in [2.75, 3.05) is 26.9 Å². The molecule has 15 heavy (non-hydrogen) atoms. The van der Waals surface area contributed by atoms with Crippen molar-refractivity contribution < 1.29 is 23.9 Å². The highest BCUT2D eigenvalue weighted by Crippen LogP contribution is 2.07. The van der Waals surface area contributed by atoms with E-state index in [-0.39, 0.29) is 19.8 Å². The van der Waals surface area contributed by atoms with E-state index >= 15 is 0 Å². The molecular formula is C8H12N2O5. The highest BCUT2D eigenvalue weighted by atomic mass is 16.5.